The third-order valence-electron chi connectivity index (χ3n) is 3.32. The molecule has 3 N–H and O–H groups in total. The lowest BCUT2D eigenvalue weighted by Gasteiger charge is -2.15. The predicted octanol–water partition coefficient (Wildman–Crippen LogP) is 0.384. The molecule has 0 aromatic heterocycles. The second-order valence-corrected chi connectivity index (χ2v) is 4.67. The van der Waals surface area contributed by atoms with E-state index in [1.807, 2.05) is 24.3 Å². The number of hydrogen-bond acceptors (Lipinski definition) is 3. The van der Waals surface area contributed by atoms with Crippen molar-refractivity contribution in [2.24, 2.45) is 5.73 Å². The van der Waals surface area contributed by atoms with E-state index in [1.54, 1.807) is 4.90 Å². The molecule has 1 saturated heterocycles. The summed E-state index contributed by atoms with van der Waals surface area (Å²) < 4.78 is 0. The van der Waals surface area contributed by atoms with E-state index in [1.165, 1.54) is 0 Å². The van der Waals surface area contributed by atoms with Gasteiger partial charge in [-0.3, -0.25) is 9.59 Å². The molecule has 2 amide bonds. The van der Waals surface area contributed by atoms with Gasteiger partial charge < -0.3 is 16.0 Å². The van der Waals surface area contributed by atoms with Gasteiger partial charge in [-0.1, -0.05) is 24.3 Å². The molecule has 0 radical (unpaired) electrons. The standard InChI is InChI=1S/C14H19N3O2/c15-8-11-4-1-2-5-12(11)9-16-13(18)10-17-7-3-6-14(17)19/h1-2,4-5H,3,6-10,15H2,(H,16,18). The Hall–Kier alpha value is -1.88. The SMILES string of the molecule is NCc1ccccc1CNC(=O)CN1CCCC1=O. The quantitative estimate of drug-likeness (QED) is 0.805. The molecule has 0 saturated carbocycles. The first-order valence-electron chi connectivity index (χ1n) is 6.52. The summed E-state index contributed by atoms with van der Waals surface area (Å²) in [4.78, 5) is 24.8. The van der Waals surface area contributed by atoms with Crippen LogP contribution >= 0.6 is 0 Å². The van der Waals surface area contributed by atoms with Crippen molar-refractivity contribution in [2.75, 3.05) is 13.1 Å². The maximum Gasteiger partial charge on any atom is 0.239 e. The fourth-order valence-electron chi connectivity index (χ4n) is 2.22. The summed E-state index contributed by atoms with van der Waals surface area (Å²) in [6, 6.07) is 7.75. The van der Waals surface area contributed by atoms with Crippen LogP contribution in [-0.4, -0.2) is 29.8 Å². The Morgan fingerprint density at radius 2 is 2.05 bits per heavy atom. The Morgan fingerprint density at radius 1 is 1.32 bits per heavy atom. The minimum atomic E-state index is -0.123. The summed E-state index contributed by atoms with van der Waals surface area (Å²) in [6.45, 7) is 1.75. The Balaban J connectivity index is 1.84. The first kappa shape index (κ1) is 13.5. The first-order chi connectivity index (χ1) is 9.20. The van der Waals surface area contributed by atoms with Crippen LogP contribution in [0.5, 0.6) is 0 Å². The second kappa shape index (κ2) is 6.33. The van der Waals surface area contributed by atoms with Crippen molar-refractivity contribution in [3.63, 3.8) is 0 Å². The number of likely N-dealkylation sites (tertiary alicyclic amines) is 1. The van der Waals surface area contributed by atoms with Crippen LogP contribution in [-0.2, 0) is 22.7 Å². The average Bonchev–Trinajstić information content (AvgIpc) is 2.82. The highest BCUT2D eigenvalue weighted by Gasteiger charge is 2.22. The van der Waals surface area contributed by atoms with E-state index >= 15 is 0 Å². The molecule has 0 atom stereocenters. The van der Waals surface area contributed by atoms with Crippen molar-refractivity contribution in [2.45, 2.75) is 25.9 Å². The average molecular weight is 261 g/mol. The fourth-order valence-corrected chi connectivity index (χ4v) is 2.22. The Morgan fingerprint density at radius 3 is 2.68 bits per heavy atom. The third kappa shape index (κ3) is 3.54. The predicted molar refractivity (Wildman–Crippen MR) is 72.0 cm³/mol. The molecule has 1 aromatic carbocycles. The van der Waals surface area contributed by atoms with E-state index in [9.17, 15) is 9.59 Å². The monoisotopic (exact) mass is 261 g/mol. The minimum absolute atomic E-state index is 0.0671. The van der Waals surface area contributed by atoms with Crippen molar-refractivity contribution >= 4 is 11.8 Å². The van der Waals surface area contributed by atoms with Crippen molar-refractivity contribution in [1.82, 2.24) is 10.2 Å². The molecular weight excluding hydrogens is 242 g/mol. The first-order valence-corrected chi connectivity index (χ1v) is 6.52. The van der Waals surface area contributed by atoms with E-state index < -0.39 is 0 Å². The molecule has 1 aliphatic rings. The van der Waals surface area contributed by atoms with E-state index in [0.717, 1.165) is 17.5 Å². The normalized spacial score (nSPS) is 14.8. The lowest BCUT2D eigenvalue weighted by Crippen LogP contribution is -2.37. The molecule has 19 heavy (non-hydrogen) atoms. The smallest absolute Gasteiger partial charge is 0.239 e. The number of rotatable bonds is 5. The van der Waals surface area contributed by atoms with Crippen LogP contribution < -0.4 is 11.1 Å². The van der Waals surface area contributed by atoms with Crippen LogP contribution in [0.2, 0.25) is 0 Å². The molecule has 0 bridgehead atoms. The molecule has 1 aliphatic heterocycles. The number of carbonyl (C=O) groups is 2. The Kier molecular flexibility index (Phi) is 4.52. The number of nitrogens with one attached hydrogen (secondary N) is 1. The van der Waals surface area contributed by atoms with Gasteiger partial charge in [0.1, 0.15) is 0 Å². The van der Waals surface area contributed by atoms with Gasteiger partial charge in [-0.2, -0.15) is 0 Å². The van der Waals surface area contributed by atoms with Crippen LogP contribution in [0.1, 0.15) is 24.0 Å². The Labute approximate surface area is 112 Å². The van der Waals surface area contributed by atoms with Crippen LogP contribution in [0.3, 0.4) is 0 Å². The maximum atomic E-state index is 11.8. The number of hydrogen-bond donors (Lipinski definition) is 2. The number of nitrogens with two attached hydrogens (primary N) is 1. The number of amides is 2. The van der Waals surface area contributed by atoms with Crippen molar-refractivity contribution in [3.8, 4) is 0 Å². The summed E-state index contributed by atoms with van der Waals surface area (Å²) in [5.41, 5.74) is 7.69. The van der Waals surface area contributed by atoms with Crippen LogP contribution in [0.4, 0.5) is 0 Å². The molecule has 5 nitrogen and oxygen atoms in total. The zero-order chi connectivity index (χ0) is 13.7. The van der Waals surface area contributed by atoms with Gasteiger partial charge in [0.2, 0.25) is 11.8 Å². The summed E-state index contributed by atoms with van der Waals surface area (Å²) in [6.07, 6.45) is 1.41. The molecule has 1 fully saturated rings. The van der Waals surface area contributed by atoms with Crippen molar-refractivity contribution in [3.05, 3.63) is 35.4 Å². The zero-order valence-corrected chi connectivity index (χ0v) is 10.9. The largest absolute Gasteiger partial charge is 0.350 e. The molecule has 1 aromatic rings. The molecule has 0 spiro atoms. The highest BCUT2D eigenvalue weighted by Crippen LogP contribution is 2.09. The van der Waals surface area contributed by atoms with Crippen molar-refractivity contribution < 1.29 is 9.59 Å². The van der Waals surface area contributed by atoms with Gasteiger partial charge in [0, 0.05) is 26.1 Å². The van der Waals surface area contributed by atoms with E-state index in [0.29, 0.717) is 26.1 Å². The maximum absolute atomic E-state index is 11.8. The Bertz CT molecular complexity index is 474. The molecular formula is C14H19N3O2. The summed E-state index contributed by atoms with van der Waals surface area (Å²) in [5.74, 6) is -0.0559. The van der Waals surface area contributed by atoms with Crippen LogP contribution in [0, 0.1) is 0 Å². The summed E-state index contributed by atoms with van der Waals surface area (Å²) in [7, 11) is 0. The topological polar surface area (TPSA) is 75.4 Å². The van der Waals surface area contributed by atoms with E-state index in [-0.39, 0.29) is 18.4 Å². The molecule has 1 heterocycles. The van der Waals surface area contributed by atoms with Crippen LogP contribution in [0.15, 0.2) is 24.3 Å². The summed E-state index contributed by atoms with van der Waals surface area (Å²) in [5, 5.41) is 2.83. The number of carbonyl (C=O) groups excluding carboxylic acids is 2. The molecule has 5 heteroatoms. The van der Waals surface area contributed by atoms with Gasteiger partial charge in [-0.25, -0.2) is 0 Å². The highest BCUT2D eigenvalue weighted by molar-refractivity contribution is 5.85. The lowest BCUT2D eigenvalue weighted by atomic mass is 10.1. The molecule has 0 unspecified atom stereocenters. The van der Waals surface area contributed by atoms with Gasteiger partial charge in [0.05, 0.1) is 6.54 Å². The van der Waals surface area contributed by atoms with Gasteiger partial charge >= 0.3 is 0 Å². The van der Waals surface area contributed by atoms with Gasteiger partial charge in [0.15, 0.2) is 0 Å². The second-order valence-electron chi connectivity index (χ2n) is 4.67. The highest BCUT2D eigenvalue weighted by atomic mass is 16.2. The molecule has 102 valence electrons. The number of benzene rings is 1. The van der Waals surface area contributed by atoms with Gasteiger partial charge in [-0.15, -0.1) is 0 Å². The van der Waals surface area contributed by atoms with E-state index in [4.69, 9.17) is 5.73 Å². The lowest BCUT2D eigenvalue weighted by molar-refractivity contribution is -0.133. The molecule has 2 rings (SSSR count). The van der Waals surface area contributed by atoms with Gasteiger partial charge in [0.25, 0.3) is 0 Å². The van der Waals surface area contributed by atoms with Crippen molar-refractivity contribution in [1.29, 1.82) is 0 Å². The molecule has 0 aliphatic carbocycles. The third-order valence-corrected chi connectivity index (χ3v) is 3.32. The zero-order valence-electron chi connectivity index (χ0n) is 10.9. The van der Waals surface area contributed by atoms with E-state index in [2.05, 4.69) is 5.32 Å². The summed E-state index contributed by atoms with van der Waals surface area (Å²) >= 11 is 0. The van der Waals surface area contributed by atoms with Gasteiger partial charge in [-0.05, 0) is 17.5 Å². The fraction of sp³-hybridized carbons (Fsp3) is 0.429. The van der Waals surface area contributed by atoms with Crippen LogP contribution in [0.25, 0.3) is 0 Å². The number of nitrogens with zero attached hydrogens (tertiary/aromatic N) is 1. The minimum Gasteiger partial charge on any atom is -0.350 e.